The van der Waals surface area contributed by atoms with Crippen LogP contribution in [0.25, 0.3) is 0 Å². The maximum Gasteiger partial charge on any atom is 0.252 e. The van der Waals surface area contributed by atoms with Crippen LogP contribution in [0.1, 0.15) is 28.0 Å². The molecule has 0 saturated carbocycles. The van der Waals surface area contributed by atoms with Crippen molar-refractivity contribution in [2.24, 2.45) is 0 Å². The summed E-state index contributed by atoms with van der Waals surface area (Å²) in [4.78, 5) is 11.9. The van der Waals surface area contributed by atoms with E-state index in [2.05, 4.69) is 15.5 Å². The molecule has 1 aromatic carbocycles. The van der Waals surface area contributed by atoms with Crippen molar-refractivity contribution in [3.8, 4) is 0 Å². The van der Waals surface area contributed by atoms with E-state index in [9.17, 15) is 4.79 Å². The number of carbonyl (C=O) groups excluding carboxylic acids is 1. The lowest BCUT2D eigenvalue weighted by Gasteiger charge is -2.07. The second-order valence-electron chi connectivity index (χ2n) is 4.50. The summed E-state index contributed by atoms with van der Waals surface area (Å²) in [6.07, 6.45) is 3.53. The first-order valence-electron chi connectivity index (χ1n) is 6.30. The van der Waals surface area contributed by atoms with E-state index in [1.165, 1.54) is 5.56 Å². The number of hydrogen-bond acceptors (Lipinski definition) is 2. The Kier molecular flexibility index (Phi) is 5.04. The molecule has 0 aliphatic carbocycles. The summed E-state index contributed by atoms with van der Waals surface area (Å²) in [5.41, 5.74) is 2.68. The van der Waals surface area contributed by atoms with Gasteiger partial charge in [-0.15, -0.1) is 0 Å². The average molecular weight is 312 g/mol. The van der Waals surface area contributed by atoms with Crippen molar-refractivity contribution in [1.82, 2.24) is 15.5 Å². The highest BCUT2D eigenvalue weighted by Crippen LogP contribution is 2.20. The zero-order chi connectivity index (χ0) is 14.5. The number of hydrogen-bond donors (Lipinski definition) is 2. The van der Waals surface area contributed by atoms with E-state index in [-0.39, 0.29) is 5.91 Å². The highest BCUT2D eigenvalue weighted by molar-refractivity contribution is 6.36. The van der Waals surface area contributed by atoms with Crippen LogP contribution in [-0.4, -0.2) is 22.6 Å². The van der Waals surface area contributed by atoms with E-state index < -0.39 is 0 Å². The predicted molar refractivity (Wildman–Crippen MR) is 80.4 cm³/mol. The third-order valence-corrected chi connectivity index (χ3v) is 3.57. The van der Waals surface area contributed by atoms with Crippen LogP contribution in [0.15, 0.2) is 24.4 Å². The van der Waals surface area contributed by atoms with Crippen molar-refractivity contribution in [3.63, 3.8) is 0 Å². The second-order valence-corrected chi connectivity index (χ2v) is 5.35. The van der Waals surface area contributed by atoms with Crippen molar-refractivity contribution >= 4 is 29.1 Å². The van der Waals surface area contributed by atoms with E-state index in [1.54, 1.807) is 18.2 Å². The molecule has 0 saturated heterocycles. The van der Waals surface area contributed by atoms with Gasteiger partial charge in [0, 0.05) is 17.3 Å². The summed E-state index contributed by atoms with van der Waals surface area (Å²) in [6.45, 7) is 2.57. The van der Waals surface area contributed by atoms with Gasteiger partial charge in [0.25, 0.3) is 5.91 Å². The van der Waals surface area contributed by atoms with E-state index >= 15 is 0 Å². The summed E-state index contributed by atoms with van der Waals surface area (Å²) >= 11 is 11.8. The molecule has 0 spiro atoms. The maximum absolute atomic E-state index is 11.9. The SMILES string of the molecule is Cc1[nH]ncc1CCCNC(=O)c1ccc(Cl)cc1Cl. The van der Waals surface area contributed by atoms with Gasteiger partial charge in [0.2, 0.25) is 0 Å². The lowest BCUT2D eigenvalue weighted by Crippen LogP contribution is -2.25. The highest BCUT2D eigenvalue weighted by atomic mass is 35.5. The van der Waals surface area contributed by atoms with Crippen LogP contribution in [0.5, 0.6) is 0 Å². The van der Waals surface area contributed by atoms with Crippen LogP contribution in [-0.2, 0) is 6.42 Å². The number of halogens is 2. The molecule has 0 atom stereocenters. The van der Waals surface area contributed by atoms with Gasteiger partial charge in [-0.3, -0.25) is 9.89 Å². The van der Waals surface area contributed by atoms with Crippen molar-refractivity contribution in [2.75, 3.05) is 6.54 Å². The number of nitrogens with zero attached hydrogens (tertiary/aromatic N) is 1. The minimum atomic E-state index is -0.185. The smallest absolute Gasteiger partial charge is 0.252 e. The third kappa shape index (κ3) is 3.74. The van der Waals surface area contributed by atoms with Gasteiger partial charge in [-0.2, -0.15) is 5.10 Å². The van der Waals surface area contributed by atoms with Crippen LogP contribution < -0.4 is 5.32 Å². The molecule has 1 heterocycles. The number of carbonyl (C=O) groups is 1. The summed E-state index contributed by atoms with van der Waals surface area (Å²) in [5, 5.41) is 10.6. The predicted octanol–water partition coefficient (Wildman–Crippen LogP) is 3.39. The molecule has 1 amide bonds. The van der Waals surface area contributed by atoms with Crippen LogP contribution in [0, 0.1) is 6.92 Å². The summed E-state index contributed by atoms with van der Waals surface area (Å²) < 4.78 is 0. The molecular formula is C14H15Cl2N3O. The van der Waals surface area contributed by atoms with Crippen molar-refractivity contribution in [2.45, 2.75) is 19.8 Å². The van der Waals surface area contributed by atoms with E-state index in [1.807, 2.05) is 13.1 Å². The summed E-state index contributed by atoms with van der Waals surface area (Å²) in [5.74, 6) is -0.185. The highest BCUT2D eigenvalue weighted by Gasteiger charge is 2.10. The van der Waals surface area contributed by atoms with Crippen molar-refractivity contribution in [1.29, 1.82) is 0 Å². The Bertz CT molecular complexity index is 610. The number of H-pyrrole nitrogens is 1. The zero-order valence-electron chi connectivity index (χ0n) is 11.0. The topological polar surface area (TPSA) is 57.8 Å². The van der Waals surface area contributed by atoms with Crippen molar-refractivity contribution < 1.29 is 4.79 Å². The fraction of sp³-hybridized carbons (Fsp3) is 0.286. The fourth-order valence-electron chi connectivity index (χ4n) is 1.88. The quantitative estimate of drug-likeness (QED) is 0.832. The fourth-order valence-corrected chi connectivity index (χ4v) is 2.37. The molecular weight excluding hydrogens is 297 g/mol. The van der Waals surface area contributed by atoms with Gasteiger partial charge in [0.05, 0.1) is 16.8 Å². The lowest BCUT2D eigenvalue weighted by molar-refractivity contribution is 0.0953. The molecule has 6 heteroatoms. The molecule has 1 aromatic heterocycles. The molecule has 0 radical (unpaired) electrons. The molecule has 2 rings (SSSR count). The number of aromatic nitrogens is 2. The Morgan fingerprint density at radius 1 is 1.40 bits per heavy atom. The summed E-state index contributed by atoms with van der Waals surface area (Å²) in [6, 6.07) is 4.84. The van der Waals surface area contributed by atoms with Crippen LogP contribution in [0.3, 0.4) is 0 Å². The Morgan fingerprint density at radius 2 is 2.20 bits per heavy atom. The van der Waals surface area contributed by atoms with Crippen LogP contribution >= 0.6 is 23.2 Å². The van der Waals surface area contributed by atoms with Gasteiger partial charge in [-0.1, -0.05) is 23.2 Å². The van der Waals surface area contributed by atoms with Gasteiger partial charge in [0.15, 0.2) is 0 Å². The Hall–Kier alpha value is -1.52. The molecule has 20 heavy (non-hydrogen) atoms. The van der Waals surface area contributed by atoms with E-state index in [4.69, 9.17) is 23.2 Å². The average Bonchev–Trinajstić information content (AvgIpc) is 2.80. The molecule has 0 bridgehead atoms. The maximum atomic E-state index is 11.9. The summed E-state index contributed by atoms with van der Waals surface area (Å²) in [7, 11) is 0. The molecule has 2 N–H and O–H groups in total. The lowest BCUT2D eigenvalue weighted by atomic mass is 10.1. The Balaban J connectivity index is 1.82. The number of rotatable bonds is 5. The first-order chi connectivity index (χ1) is 9.58. The van der Waals surface area contributed by atoms with Gasteiger partial charge in [-0.05, 0) is 43.5 Å². The molecule has 0 aliphatic heterocycles. The standard InChI is InChI=1S/C14H15Cl2N3O/c1-9-10(8-18-19-9)3-2-6-17-14(20)12-5-4-11(15)7-13(12)16/h4-5,7-8H,2-3,6H2,1H3,(H,17,20)(H,18,19). The third-order valence-electron chi connectivity index (χ3n) is 3.02. The largest absolute Gasteiger partial charge is 0.352 e. The normalized spacial score (nSPS) is 10.6. The van der Waals surface area contributed by atoms with Crippen LogP contribution in [0.4, 0.5) is 0 Å². The zero-order valence-corrected chi connectivity index (χ0v) is 12.6. The van der Waals surface area contributed by atoms with Crippen LogP contribution in [0.2, 0.25) is 10.0 Å². The number of benzene rings is 1. The number of amides is 1. The molecule has 2 aromatic rings. The first kappa shape index (κ1) is 14.9. The van der Waals surface area contributed by atoms with Gasteiger partial charge in [-0.25, -0.2) is 0 Å². The minimum absolute atomic E-state index is 0.185. The monoisotopic (exact) mass is 311 g/mol. The second kappa shape index (κ2) is 6.77. The Morgan fingerprint density at radius 3 is 2.85 bits per heavy atom. The molecule has 0 unspecified atom stereocenters. The number of aromatic amines is 1. The molecule has 0 aliphatic rings. The molecule has 0 fully saturated rings. The van der Waals surface area contributed by atoms with Gasteiger partial charge >= 0.3 is 0 Å². The molecule has 4 nitrogen and oxygen atoms in total. The van der Waals surface area contributed by atoms with Crippen molar-refractivity contribution in [3.05, 3.63) is 51.3 Å². The number of aryl methyl sites for hydroxylation is 2. The van der Waals surface area contributed by atoms with Gasteiger partial charge in [0.1, 0.15) is 0 Å². The van der Waals surface area contributed by atoms with E-state index in [0.29, 0.717) is 22.2 Å². The Labute approximate surface area is 127 Å². The minimum Gasteiger partial charge on any atom is -0.352 e. The van der Waals surface area contributed by atoms with E-state index in [0.717, 1.165) is 18.5 Å². The van der Waals surface area contributed by atoms with Gasteiger partial charge < -0.3 is 5.32 Å². The first-order valence-corrected chi connectivity index (χ1v) is 7.05. The molecule has 106 valence electrons. The number of nitrogens with one attached hydrogen (secondary N) is 2.